The topological polar surface area (TPSA) is 71.9 Å². The highest BCUT2D eigenvalue weighted by Gasteiger charge is 2.23. The summed E-state index contributed by atoms with van der Waals surface area (Å²) in [7, 11) is 0. The molecule has 1 fully saturated rings. The number of nitriles is 1. The zero-order valence-corrected chi connectivity index (χ0v) is 20.6. The molecule has 2 heterocycles. The lowest BCUT2D eigenvalue weighted by atomic mass is 9.84. The number of amides is 1. The van der Waals surface area contributed by atoms with E-state index in [1.165, 1.54) is 29.7 Å². The number of carbonyl (C=O) groups excluding carboxylic acids is 1. The van der Waals surface area contributed by atoms with Gasteiger partial charge in [0.05, 0.1) is 11.6 Å². The van der Waals surface area contributed by atoms with Crippen molar-refractivity contribution >= 4 is 22.9 Å². The summed E-state index contributed by atoms with van der Waals surface area (Å²) in [5.74, 6) is 0.339. The van der Waals surface area contributed by atoms with E-state index in [0.717, 1.165) is 80.2 Å². The van der Waals surface area contributed by atoms with Crippen LogP contribution in [0.2, 0.25) is 0 Å². The van der Waals surface area contributed by atoms with Crippen molar-refractivity contribution in [3.8, 4) is 6.07 Å². The van der Waals surface area contributed by atoms with Crippen molar-refractivity contribution in [3.05, 3.63) is 76.7 Å². The van der Waals surface area contributed by atoms with Gasteiger partial charge in [-0.3, -0.25) is 4.79 Å². The van der Waals surface area contributed by atoms with Gasteiger partial charge in [-0.15, -0.1) is 0 Å². The fourth-order valence-corrected chi connectivity index (χ4v) is 5.69. The van der Waals surface area contributed by atoms with Crippen LogP contribution in [0.15, 0.2) is 48.7 Å². The van der Waals surface area contributed by atoms with Crippen molar-refractivity contribution in [3.63, 3.8) is 0 Å². The van der Waals surface area contributed by atoms with Crippen molar-refractivity contribution < 1.29 is 9.18 Å². The third kappa shape index (κ3) is 5.85. The first-order valence-electron chi connectivity index (χ1n) is 13.1. The number of H-pyrrole nitrogens is 1. The summed E-state index contributed by atoms with van der Waals surface area (Å²) in [5.41, 5.74) is 5.14. The number of benzene rings is 2. The quantitative estimate of drug-likeness (QED) is 0.463. The van der Waals surface area contributed by atoms with Crippen LogP contribution in [0.25, 0.3) is 17.0 Å². The number of nitrogens with zero attached hydrogens (tertiary/aromatic N) is 2. The van der Waals surface area contributed by atoms with Crippen LogP contribution < -0.4 is 5.32 Å². The van der Waals surface area contributed by atoms with Crippen LogP contribution in [-0.2, 0) is 17.6 Å². The van der Waals surface area contributed by atoms with Gasteiger partial charge in [0.15, 0.2) is 0 Å². The van der Waals surface area contributed by atoms with Gasteiger partial charge < -0.3 is 15.2 Å². The third-order valence-corrected chi connectivity index (χ3v) is 7.87. The van der Waals surface area contributed by atoms with Gasteiger partial charge in [0.2, 0.25) is 5.91 Å². The van der Waals surface area contributed by atoms with E-state index in [9.17, 15) is 9.18 Å². The summed E-state index contributed by atoms with van der Waals surface area (Å²) in [6.45, 7) is 3.26. The Balaban J connectivity index is 1.04. The molecule has 6 heteroatoms. The lowest BCUT2D eigenvalue weighted by Crippen LogP contribution is -2.37. The molecule has 0 bridgehead atoms. The summed E-state index contributed by atoms with van der Waals surface area (Å²) in [6, 6.07) is 13.2. The molecule has 2 N–H and O–H groups in total. The molecular weight excluding hydrogens is 451 g/mol. The molecule has 2 aromatic carbocycles. The number of halogens is 1. The van der Waals surface area contributed by atoms with Crippen LogP contribution in [-0.4, -0.2) is 41.5 Å². The Kier molecular flexibility index (Phi) is 7.48. The van der Waals surface area contributed by atoms with Gasteiger partial charge in [0.25, 0.3) is 0 Å². The zero-order chi connectivity index (χ0) is 24.9. The second-order valence-electron chi connectivity index (χ2n) is 10.2. The first kappa shape index (κ1) is 24.3. The SMILES string of the molecule is N#Cc1ccc2c(c1)CCN(CCC1CCC(NC(=O)/C=C/c3c[nH]c4ccc(F)cc34)CC1)CC2. The van der Waals surface area contributed by atoms with Crippen LogP contribution in [0, 0.1) is 23.1 Å². The molecule has 0 unspecified atom stereocenters. The van der Waals surface area contributed by atoms with Gasteiger partial charge in [-0.25, -0.2) is 4.39 Å². The number of aromatic amines is 1. The number of rotatable bonds is 6. The Bertz CT molecular complexity index is 1300. The van der Waals surface area contributed by atoms with Crippen LogP contribution in [0.5, 0.6) is 0 Å². The van der Waals surface area contributed by atoms with Crippen LogP contribution >= 0.6 is 0 Å². The highest BCUT2D eigenvalue weighted by atomic mass is 19.1. The average molecular weight is 485 g/mol. The Morgan fingerprint density at radius 1 is 1.11 bits per heavy atom. The molecule has 0 radical (unpaired) electrons. The van der Waals surface area contributed by atoms with Crippen LogP contribution in [0.1, 0.15) is 54.4 Å². The molecule has 5 rings (SSSR count). The molecule has 1 saturated carbocycles. The Morgan fingerprint density at radius 3 is 2.72 bits per heavy atom. The fourth-order valence-electron chi connectivity index (χ4n) is 5.69. The molecule has 36 heavy (non-hydrogen) atoms. The average Bonchev–Trinajstić information content (AvgIpc) is 3.18. The van der Waals surface area contributed by atoms with Crippen LogP contribution in [0.4, 0.5) is 4.39 Å². The number of hydrogen-bond donors (Lipinski definition) is 2. The maximum absolute atomic E-state index is 13.6. The Labute approximate surface area is 212 Å². The van der Waals surface area contributed by atoms with Crippen molar-refractivity contribution in [2.24, 2.45) is 5.92 Å². The minimum Gasteiger partial charge on any atom is -0.361 e. The molecule has 5 nitrogen and oxygen atoms in total. The molecule has 1 amide bonds. The molecule has 186 valence electrons. The van der Waals surface area contributed by atoms with E-state index >= 15 is 0 Å². The fraction of sp³-hybridized carbons (Fsp3) is 0.400. The van der Waals surface area contributed by atoms with Gasteiger partial charge >= 0.3 is 0 Å². The number of hydrogen-bond acceptors (Lipinski definition) is 3. The van der Waals surface area contributed by atoms with E-state index < -0.39 is 0 Å². The monoisotopic (exact) mass is 484 g/mol. The summed E-state index contributed by atoms with van der Waals surface area (Å²) in [6.07, 6.45) is 12.7. The highest BCUT2D eigenvalue weighted by Crippen LogP contribution is 2.28. The standard InChI is InChI=1S/C30H33FN4O/c31-26-6-9-29-28(18-26)25(20-33-29)5-10-30(36)34-27-7-2-21(3-8-27)11-14-35-15-12-23-4-1-22(19-32)17-24(23)13-16-35/h1,4-6,9-10,17-18,20-21,27,33H,2-3,7-8,11-16H2,(H,34,36)/b10-5+. The Morgan fingerprint density at radius 2 is 1.92 bits per heavy atom. The lowest BCUT2D eigenvalue weighted by Gasteiger charge is -2.30. The third-order valence-electron chi connectivity index (χ3n) is 7.87. The Hall–Kier alpha value is -3.43. The second-order valence-corrected chi connectivity index (χ2v) is 10.2. The van der Waals surface area contributed by atoms with E-state index in [2.05, 4.69) is 33.4 Å². The van der Waals surface area contributed by atoms with Crippen molar-refractivity contribution in [1.82, 2.24) is 15.2 Å². The van der Waals surface area contributed by atoms with Crippen molar-refractivity contribution in [2.75, 3.05) is 19.6 Å². The van der Waals surface area contributed by atoms with Crippen molar-refractivity contribution in [2.45, 2.75) is 51.0 Å². The van der Waals surface area contributed by atoms with Gasteiger partial charge in [-0.05, 0) is 105 Å². The first-order chi connectivity index (χ1) is 17.6. The van der Waals surface area contributed by atoms with E-state index in [-0.39, 0.29) is 17.8 Å². The number of nitrogens with one attached hydrogen (secondary N) is 2. The van der Waals surface area contributed by atoms with Gasteiger partial charge in [-0.1, -0.05) is 6.07 Å². The predicted octanol–water partition coefficient (Wildman–Crippen LogP) is 5.36. The van der Waals surface area contributed by atoms with Gasteiger partial charge in [0.1, 0.15) is 5.82 Å². The maximum atomic E-state index is 13.6. The smallest absolute Gasteiger partial charge is 0.244 e. The molecule has 1 aromatic heterocycles. The first-order valence-corrected chi connectivity index (χ1v) is 13.1. The molecule has 2 aliphatic rings. The molecule has 0 spiro atoms. The van der Waals surface area contributed by atoms with E-state index in [0.29, 0.717) is 5.92 Å². The zero-order valence-electron chi connectivity index (χ0n) is 20.6. The maximum Gasteiger partial charge on any atom is 0.244 e. The molecule has 0 saturated heterocycles. The van der Waals surface area contributed by atoms with E-state index in [4.69, 9.17) is 5.26 Å². The second kappa shape index (κ2) is 11.1. The minimum absolute atomic E-state index is 0.0899. The summed E-state index contributed by atoms with van der Waals surface area (Å²) in [5, 5.41) is 13.1. The predicted molar refractivity (Wildman–Crippen MR) is 141 cm³/mol. The van der Waals surface area contributed by atoms with Gasteiger partial charge in [-0.2, -0.15) is 5.26 Å². The summed E-state index contributed by atoms with van der Waals surface area (Å²) in [4.78, 5) is 18.2. The van der Waals surface area contributed by atoms with Gasteiger partial charge in [0, 0.05) is 47.9 Å². The number of carbonyl (C=O) groups is 1. The van der Waals surface area contributed by atoms with E-state index in [1.807, 2.05) is 6.07 Å². The van der Waals surface area contributed by atoms with Crippen molar-refractivity contribution in [1.29, 1.82) is 5.26 Å². The van der Waals surface area contributed by atoms with E-state index in [1.54, 1.807) is 24.4 Å². The molecule has 1 aliphatic carbocycles. The molecule has 0 atom stereocenters. The summed E-state index contributed by atoms with van der Waals surface area (Å²) < 4.78 is 13.6. The normalized spacial score (nSPS) is 20.7. The molecule has 1 aliphatic heterocycles. The largest absolute Gasteiger partial charge is 0.361 e. The highest BCUT2D eigenvalue weighted by molar-refractivity contribution is 5.96. The minimum atomic E-state index is -0.284. The lowest BCUT2D eigenvalue weighted by molar-refractivity contribution is -0.117. The molecule has 3 aromatic rings. The molecular formula is C30H33FN4O. The number of aromatic nitrogens is 1. The number of fused-ring (bicyclic) bond motifs is 2. The van der Waals surface area contributed by atoms with Crippen LogP contribution in [0.3, 0.4) is 0 Å². The summed E-state index contributed by atoms with van der Waals surface area (Å²) >= 11 is 0.